The van der Waals surface area contributed by atoms with Crippen LogP contribution in [-0.2, 0) is 11.3 Å². The summed E-state index contributed by atoms with van der Waals surface area (Å²) in [7, 11) is 2.74. The van der Waals surface area contributed by atoms with Gasteiger partial charge in [0.1, 0.15) is 18.6 Å². The van der Waals surface area contributed by atoms with Crippen LogP contribution in [0.15, 0.2) is 29.0 Å². The fourth-order valence-electron chi connectivity index (χ4n) is 1.55. The molecule has 106 valence electrons. The summed E-state index contributed by atoms with van der Waals surface area (Å²) in [6.07, 6.45) is 1.44. The molecule has 1 aromatic heterocycles. The lowest BCUT2D eigenvalue weighted by Gasteiger charge is -2.12. The van der Waals surface area contributed by atoms with Crippen LogP contribution < -0.4 is 9.47 Å². The average molecular weight is 298 g/mol. The number of carbonyl (C=O) groups is 1. The second kappa shape index (κ2) is 6.29. The summed E-state index contributed by atoms with van der Waals surface area (Å²) >= 11 is 6.10. The number of aromatic nitrogens is 1. The zero-order chi connectivity index (χ0) is 14.5. The molecule has 0 atom stereocenters. The van der Waals surface area contributed by atoms with Crippen molar-refractivity contribution >= 4 is 17.6 Å². The molecule has 0 unspecified atom stereocenters. The molecule has 6 nitrogen and oxygen atoms in total. The van der Waals surface area contributed by atoms with Crippen molar-refractivity contribution < 1.29 is 23.5 Å². The molecule has 0 aliphatic carbocycles. The van der Waals surface area contributed by atoms with E-state index in [-0.39, 0.29) is 17.2 Å². The number of rotatable bonds is 5. The summed E-state index contributed by atoms with van der Waals surface area (Å²) in [5.74, 6) is 0.152. The highest BCUT2D eigenvalue weighted by atomic mass is 35.5. The predicted octanol–water partition coefficient (Wildman–Crippen LogP) is 2.70. The fraction of sp³-hybridized carbons (Fsp3) is 0.231. The van der Waals surface area contributed by atoms with Crippen molar-refractivity contribution in [1.29, 1.82) is 0 Å². The second-order valence-corrected chi connectivity index (χ2v) is 4.17. The molecule has 0 N–H and O–H groups in total. The van der Waals surface area contributed by atoms with Gasteiger partial charge in [0, 0.05) is 6.07 Å². The molecule has 0 aliphatic heterocycles. The minimum absolute atomic E-state index is 0.171. The molecule has 0 fully saturated rings. The van der Waals surface area contributed by atoms with Crippen molar-refractivity contribution in [3.8, 4) is 11.5 Å². The van der Waals surface area contributed by atoms with E-state index in [1.54, 1.807) is 6.07 Å². The van der Waals surface area contributed by atoms with Crippen LogP contribution in [0, 0.1) is 0 Å². The zero-order valence-corrected chi connectivity index (χ0v) is 11.6. The highest BCUT2D eigenvalue weighted by Crippen LogP contribution is 2.37. The van der Waals surface area contributed by atoms with Crippen LogP contribution in [0.25, 0.3) is 0 Å². The van der Waals surface area contributed by atoms with E-state index in [0.717, 1.165) is 0 Å². The van der Waals surface area contributed by atoms with Crippen molar-refractivity contribution in [2.24, 2.45) is 0 Å². The van der Waals surface area contributed by atoms with E-state index < -0.39 is 5.97 Å². The second-order valence-electron chi connectivity index (χ2n) is 3.76. The van der Waals surface area contributed by atoms with Crippen LogP contribution >= 0.6 is 11.6 Å². The smallest absolute Gasteiger partial charge is 0.338 e. The summed E-state index contributed by atoms with van der Waals surface area (Å²) in [6.45, 7) is 0.171. The first-order valence-electron chi connectivity index (χ1n) is 5.63. The minimum Gasteiger partial charge on any atom is -0.493 e. The van der Waals surface area contributed by atoms with Crippen LogP contribution in [0.1, 0.15) is 16.1 Å². The number of carbonyl (C=O) groups excluding carboxylic acids is 1. The van der Waals surface area contributed by atoms with Crippen molar-refractivity contribution in [2.75, 3.05) is 14.2 Å². The third-order valence-electron chi connectivity index (χ3n) is 2.51. The molecule has 2 rings (SSSR count). The normalized spacial score (nSPS) is 10.2. The van der Waals surface area contributed by atoms with Gasteiger partial charge in [-0.15, -0.1) is 0 Å². The SMILES string of the molecule is COC(=O)c1cc(Cl)c(OCc2ccon2)c(OC)c1. The van der Waals surface area contributed by atoms with Gasteiger partial charge in [-0.1, -0.05) is 16.8 Å². The highest BCUT2D eigenvalue weighted by molar-refractivity contribution is 6.32. The first kappa shape index (κ1) is 14.2. The quantitative estimate of drug-likeness (QED) is 0.790. The van der Waals surface area contributed by atoms with Gasteiger partial charge in [0.15, 0.2) is 11.5 Å². The van der Waals surface area contributed by atoms with Crippen LogP contribution in [-0.4, -0.2) is 25.3 Å². The molecule has 0 amide bonds. The van der Waals surface area contributed by atoms with Crippen LogP contribution in [0.3, 0.4) is 0 Å². The van der Waals surface area contributed by atoms with Crippen LogP contribution in [0.4, 0.5) is 0 Å². The van der Waals surface area contributed by atoms with Crippen LogP contribution in [0.2, 0.25) is 5.02 Å². The molecule has 0 saturated heterocycles. The van der Waals surface area contributed by atoms with E-state index in [1.165, 1.54) is 32.6 Å². The third kappa shape index (κ3) is 3.03. The molecule has 20 heavy (non-hydrogen) atoms. The fourth-order valence-corrected chi connectivity index (χ4v) is 1.82. The molecule has 0 bridgehead atoms. The predicted molar refractivity (Wildman–Crippen MR) is 70.2 cm³/mol. The van der Waals surface area contributed by atoms with Crippen LogP contribution in [0.5, 0.6) is 11.5 Å². The number of methoxy groups -OCH3 is 2. The Balaban J connectivity index is 2.25. The van der Waals surface area contributed by atoms with Gasteiger partial charge >= 0.3 is 5.97 Å². The molecule has 1 aromatic carbocycles. The molecule has 0 radical (unpaired) electrons. The largest absolute Gasteiger partial charge is 0.493 e. The summed E-state index contributed by atoms with van der Waals surface area (Å²) in [4.78, 5) is 11.5. The van der Waals surface area contributed by atoms with Gasteiger partial charge in [0.2, 0.25) is 0 Å². The number of esters is 1. The first-order chi connectivity index (χ1) is 9.65. The van der Waals surface area contributed by atoms with Gasteiger partial charge < -0.3 is 18.7 Å². The lowest BCUT2D eigenvalue weighted by Crippen LogP contribution is -2.04. The molecular formula is C13H12ClNO5. The molecule has 7 heteroatoms. The maximum atomic E-state index is 11.5. The number of hydrogen-bond acceptors (Lipinski definition) is 6. The molecule has 0 spiro atoms. The van der Waals surface area contributed by atoms with Crippen molar-refractivity contribution in [1.82, 2.24) is 5.16 Å². The zero-order valence-electron chi connectivity index (χ0n) is 10.9. The Labute approximate surface area is 120 Å². The molecular weight excluding hydrogens is 286 g/mol. The maximum absolute atomic E-state index is 11.5. The Hall–Kier alpha value is -2.21. The Bertz CT molecular complexity index is 597. The van der Waals surface area contributed by atoms with Crippen molar-refractivity contribution in [3.05, 3.63) is 40.7 Å². The van der Waals surface area contributed by atoms with Gasteiger partial charge in [-0.05, 0) is 12.1 Å². The number of benzene rings is 1. The summed E-state index contributed by atoms with van der Waals surface area (Å²) in [5.41, 5.74) is 0.892. The maximum Gasteiger partial charge on any atom is 0.338 e. The number of halogens is 1. The van der Waals surface area contributed by atoms with Gasteiger partial charge in [-0.2, -0.15) is 0 Å². The first-order valence-corrected chi connectivity index (χ1v) is 6.01. The van der Waals surface area contributed by atoms with E-state index >= 15 is 0 Å². The van der Waals surface area contributed by atoms with Crippen molar-refractivity contribution in [2.45, 2.75) is 6.61 Å². The Morgan fingerprint density at radius 2 is 2.20 bits per heavy atom. The highest BCUT2D eigenvalue weighted by Gasteiger charge is 2.16. The topological polar surface area (TPSA) is 70.8 Å². The molecule has 0 saturated carbocycles. The molecule has 2 aromatic rings. The van der Waals surface area contributed by atoms with E-state index in [4.69, 9.17) is 25.6 Å². The van der Waals surface area contributed by atoms with Crippen molar-refractivity contribution in [3.63, 3.8) is 0 Å². The monoisotopic (exact) mass is 297 g/mol. The van der Waals surface area contributed by atoms with E-state index in [2.05, 4.69) is 9.89 Å². The van der Waals surface area contributed by atoms with E-state index in [1.807, 2.05) is 0 Å². The lowest BCUT2D eigenvalue weighted by molar-refractivity contribution is 0.0600. The average Bonchev–Trinajstić information content (AvgIpc) is 2.97. The number of ether oxygens (including phenoxy) is 3. The summed E-state index contributed by atoms with van der Waals surface area (Å²) in [5, 5.41) is 3.96. The summed E-state index contributed by atoms with van der Waals surface area (Å²) in [6, 6.07) is 4.62. The Morgan fingerprint density at radius 1 is 1.40 bits per heavy atom. The minimum atomic E-state index is -0.506. The van der Waals surface area contributed by atoms with Gasteiger partial charge in [0.05, 0.1) is 24.8 Å². The van der Waals surface area contributed by atoms with E-state index in [0.29, 0.717) is 17.2 Å². The lowest BCUT2D eigenvalue weighted by atomic mass is 10.2. The van der Waals surface area contributed by atoms with E-state index in [9.17, 15) is 4.79 Å². The standard InChI is InChI=1S/C13H12ClNO5/c1-17-11-6-8(13(16)18-2)5-10(14)12(11)19-7-9-3-4-20-15-9/h3-6H,7H2,1-2H3. The molecule has 1 heterocycles. The third-order valence-corrected chi connectivity index (χ3v) is 2.79. The van der Waals surface area contributed by atoms with Gasteiger partial charge in [-0.25, -0.2) is 4.79 Å². The Morgan fingerprint density at radius 3 is 2.80 bits per heavy atom. The Kier molecular flexibility index (Phi) is 4.47. The van der Waals surface area contributed by atoms with Gasteiger partial charge in [0.25, 0.3) is 0 Å². The number of nitrogens with zero attached hydrogens (tertiary/aromatic N) is 1. The summed E-state index contributed by atoms with van der Waals surface area (Å²) < 4.78 is 20.0. The molecule has 0 aliphatic rings. The number of hydrogen-bond donors (Lipinski definition) is 0. The van der Waals surface area contributed by atoms with Gasteiger partial charge in [-0.3, -0.25) is 0 Å².